The maximum atomic E-state index is 12.2. The predicted octanol–water partition coefficient (Wildman–Crippen LogP) is 3.20. The van der Waals surface area contributed by atoms with Crippen molar-refractivity contribution in [1.29, 1.82) is 0 Å². The molecule has 0 aromatic carbocycles. The van der Waals surface area contributed by atoms with Crippen LogP contribution in [-0.2, 0) is 14.3 Å². The first-order valence-corrected chi connectivity index (χ1v) is 8.19. The number of hydrogen-bond donors (Lipinski definition) is 0. The second-order valence-corrected chi connectivity index (χ2v) is 6.49. The summed E-state index contributed by atoms with van der Waals surface area (Å²) < 4.78 is 11.2. The molecule has 2 heterocycles. The van der Waals surface area contributed by atoms with Crippen LogP contribution < -0.4 is 0 Å². The van der Waals surface area contributed by atoms with Crippen LogP contribution in [0.25, 0.3) is 6.08 Å². The number of carbonyl (C=O) groups excluding carboxylic acids is 2. The van der Waals surface area contributed by atoms with Crippen LogP contribution >= 0.6 is 39.9 Å². The van der Waals surface area contributed by atoms with Crippen molar-refractivity contribution in [2.24, 2.45) is 0 Å². The number of halogens is 1. The number of ether oxygens (including phenoxy) is 1. The molecular weight excluding hydrogens is 378 g/mol. The Hall–Kier alpha value is -1.12. The average Bonchev–Trinajstić information content (AvgIpc) is 2.94. The summed E-state index contributed by atoms with van der Waals surface area (Å²) in [4.78, 5) is 25.5. The van der Waals surface area contributed by atoms with E-state index in [4.69, 9.17) is 21.4 Å². The van der Waals surface area contributed by atoms with Gasteiger partial charge in [0.2, 0.25) is 0 Å². The van der Waals surface area contributed by atoms with Crippen LogP contribution in [0.1, 0.15) is 19.1 Å². The first-order valence-electron chi connectivity index (χ1n) is 6.17. The lowest BCUT2D eigenvalue weighted by atomic mass is 10.3. The maximum Gasteiger partial charge on any atom is 0.307 e. The summed E-state index contributed by atoms with van der Waals surface area (Å²) in [6.45, 7) is 2.29. The third-order valence-corrected chi connectivity index (χ3v) is 4.39. The van der Waals surface area contributed by atoms with Gasteiger partial charge in [0.05, 0.1) is 17.9 Å². The van der Waals surface area contributed by atoms with E-state index in [0.717, 1.165) is 0 Å². The molecule has 1 aliphatic rings. The van der Waals surface area contributed by atoms with E-state index in [9.17, 15) is 9.59 Å². The summed E-state index contributed by atoms with van der Waals surface area (Å²) in [5.74, 6) is 0.0000772. The third kappa shape index (κ3) is 4.18. The molecule has 0 unspecified atom stereocenters. The fourth-order valence-electron chi connectivity index (χ4n) is 1.66. The molecule has 1 aliphatic heterocycles. The molecule has 2 rings (SSSR count). The minimum absolute atomic E-state index is 0.125. The molecule has 0 aliphatic carbocycles. The molecule has 0 N–H and O–H groups in total. The quantitative estimate of drug-likeness (QED) is 0.437. The minimum atomic E-state index is -0.342. The number of thioether (sulfide) groups is 1. The van der Waals surface area contributed by atoms with Gasteiger partial charge >= 0.3 is 5.97 Å². The molecule has 112 valence electrons. The van der Waals surface area contributed by atoms with E-state index >= 15 is 0 Å². The zero-order valence-electron chi connectivity index (χ0n) is 11.1. The molecule has 0 saturated carbocycles. The second kappa shape index (κ2) is 7.24. The number of furan rings is 1. The lowest BCUT2D eigenvalue weighted by Gasteiger charge is -2.13. The van der Waals surface area contributed by atoms with E-state index in [1.807, 2.05) is 0 Å². The standard InChI is InChI=1S/C13H12BrNO4S2/c1-2-18-11(16)5-6-15-12(17)9(21-13(15)20)7-8-3-4-10(14)19-8/h3-4,7H,2,5-6H2,1H3/b9-7-. The summed E-state index contributed by atoms with van der Waals surface area (Å²) in [6, 6.07) is 3.49. The topological polar surface area (TPSA) is 59.8 Å². The van der Waals surface area contributed by atoms with E-state index < -0.39 is 0 Å². The van der Waals surface area contributed by atoms with Crippen LogP contribution in [0.15, 0.2) is 26.1 Å². The summed E-state index contributed by atoms with van der Waals surface area (Å²) in [7, 11) is 0. The van der Waals surface area contributed by atoms with Gasteiger partial charge in [0, 0.05) is 12.6 Å². The molecule has 1 aromatic rings. The number of rotatable bonds is 5. The smallest absolute Gasteiger partial charge is 0.307 e. The number of nitrogens with zero attached hydrogens (tertiary/aromatic N) is 1. The number of amides is 1. The highest BCUT2D eigenvalue weighted by molar-refractivity contribution is 9.10. The fourth-order valence-corrected chi connectivity index (χ4v) is 3.27. The highest BCUT2D eigenvalue weighted by Crippen LogP contribution is 2.33. The van der Waals surface area contributed by atoms with Crippen molar-refractivity contribution in [3.63, 3.8) is 0 Å². The summed E-state index contributed by atoms with van der Waals surface area (Å²) in [5.41, 5.74) is 0. The zero-order valence-corrected chi connectivity index (χ0v) is 14.3. The van der Waals surface area contributed by atoms with E-state index in [0.29, 0.717) is 26.3 Å². The number of carbonyl (C=O) groups is 2. The second-order valence-electron chi connectivity index (χ2n) is 4.03. The Kier molecular flexibility index (Phi) is 5.60. The minimum Gasteiger partial charge on any atom is -0.466 e. The normalized spacial score (nSPS) is 16.9. The Labute approximate surface area is 139 Å². The molecule has 0 spiro atoms. The van der Waals surface area contributed by atoms with E-state index in [-0.39, 0.29) is 24.8 Å². The SMILES string of the molecule is CCOC(=O)CCN1C(=O)/C(=C/c2ccc(Br)o2)SC1=S. The van der Waals surface area contributed by atoms with Crippen LogP contribution in [0.4, 0.5) is 0 Å². The molecule has 21 heavy (non-hydrogen) atoms. The first-order chi connectivity index (χ1) is 10.0. The van der Waals surface area contributed by atoms with E-state index in [1.165, 1.54) is 16.7 Å². The average molecular weight is 390 g/mol. The highest BCUT2D eigenvalue weighted by atomic mass is 79.9. The third-order valence-electron chi connectivity index (χ3n) is 2.59. The molecular formula is C13H12BrNO4S2. The van der Waals surface area contributed by atoms with Gasteiger partial charge in [-0.25, -0.2) is 0 Å². The molecule has 1 aromatic heterocycles. The maximum absolute atomic E-state index is 12.2. The van der Waals surface area contributed by atoms with Gasteiger partial charge in [0.15, 0.2) is 4.67 Å². The lowest BCUT2D eigenvalue weighted by molar-refractivity contribution is -0.143. The molecule has 0 radical (unpaired) electrons. The van der Waals surface area contributed by atoms with Gasteiger partial charge in [0.25, 0.3) is 5.91 Å². The Morgan fingerprint density at radius 1 is 1.57 bits per heavy atom. The van der Waals surface area contributed by atoms with Crippen LogP contribution in [-0.4, -0.2) is 34.2 Å². The van der Waals surface area contributed by atoms with Crippen molar-refractivity contribution >= 4 is 62.2 Å². The zero-order chi connectivity index (χ0) is 15.4. The van der Waals surface area contributed by atoms with E-state index in [2.05, 4.69) is 15.9 Å². The van der Waals surface area contributed by atoms with E-state index in [1.54, 1.807) is 25.1 Å². The molecule has 0 atom stereocenters. The summed E-state index contributed by atoms with van der Waals surface area (Å²) in [6.07, 6.45) is 1.76. The van der Waals surface area contributed by atoms with Crippen molar-refractivity contribution in [3.8, 4) is 0 Å². The Bertz CT molecular complexity index is 611. The largest absolute Gasteiger partial charge is 0.466 e. The van der Waals surface area contributed by atoms with Crippen LogP contribution in [0, 0.1) is 0 Å². The first kappa shape index (κ1) is 16.3. The van der Waals surface area contributed by atoms with Gasteiger partial charge in [0.1, 0.15) is 10.1 Å². The monoisotopic (exact) mass is 389 g/mol. The van der Waals surface area contributed by atoms with Crippen LogP contribution in [0.2, 0.25) is 0 Å². The number of hydrogen-bond acceptors (Lipinski definition) is 6. The van der Waals surface area contributed by atoms with Crippen LogP contribution in [0.3, 0.4) is 0 Å². The van der Waals surface area contributed by atoms with Gasteiger partial charge in [-0.15, -0.1) is 0 Å². The predicted molar refractivity (Wildman–Crippen MR) is 87.5 cm³/mol. The Morgan fingerprint density at radius 3 is 2.95 bits per heavy atom. The van der Waals surface area contributed by atoms with Crippen molar-refractivity contribution in [2.75, 3.05) is 13.2 Å². The van der Waals surface area contributed by atoms with Crippen LogP contribution in [0.5, 0.6) is 0 Å². The summed E-state index contributed by atoms with van der Waals surface area (Å²) >= 11 is 9.56. The van der Waals surface area contributed by atoms with Crippen molar-refractivity contribution in [2.45, 2.75) is 13.3 Å². The molecule has 5 nitrogen and oxygen atoms in total. The fraction of sp³-hybridized carbons (Fsp3) is 0.308. The molecule has 0 bridgehead atoms. The Balaban J connectivity index is 2.03. The van der Waals surface area contributed by atoms with Crippen molar-refractivity contribution in [3.05, 3.63) is 27.5 Å². The van der Waals surface area contributed by atoms with Gasteiger partial charge in [-0.05, 0) is 35.0 Å². The van der Waals surface area contributed by atoms with Gasteiger partial charge in [-0.1, -0.05) is 24.0 Å². The molecule has 8 heteroatoms. The molecule has 1 fully saturated rings. The van der Waals surface area contributed by atoms with Gasteiger partial charge < -0.3 is 9.15 Å². The highest BCUT2D eigenvalue weighted by Gasteiger charge is 2.32. The number of thiocarbonyl (C=S) groups is 1. The Morgan fingerprint density at radius 2 is 2.33 bits per heavy atom. The lowest BCUT2D eigenvalue weighted by Crippen LogP contribution is -2.30. The van der Waals surface area contributed by atoms with Gasteiger partial charge in [-0.3, -0.25) is 14.5 Å². The molecule has 1 amide bonds. The number of esters is 1. The van der Waals surface area contributed by atoms with Gasteiger partial charge in [-0.2, -0.15) is 0 Å². The van der Waals surface area contributed by atoms with Crippen molar-refractivity contribution in [1.82, 2.24) is 4.90 Å². The summed E-state index contributed by atoms with van der Waals surface area (Å²) in [5, 5.41) is 0. The van der Waals surface area contributed by atoms with Crippen molar-refractivity contribution < 1.29 is 18.7 Å². The molecule has 1 saturated heterocycles.